The van der Waals surface area contributed by atoms with Gasteiger partial charge >= 0.3 is 0 Å². The largest absolute Gasteiger partial charge is 0.396 e. The highest BCUT2D eigenvalue weighted by Gasteiger charge is 2.24. The van der Waals surface area contributed by atoms with Crippen molar-refractivity contribution in [2.75, 3.05) is 19.8 Å². The predicted octanol–water partition coefficient (Wildman–Crippen LogP) is -0.802. The monoisotopic (exact) mass is 278 g/mol. The maximum atomic E-state index is 8.66. The van der Waals surface area contributed by atoms with Gasteiger partial charge in [0.05, 0.1) is 19.8 Å². The molecular formula is C8H22N8O3. The van der Waals surface area contributed by atoms with E-state index < -0.39 is 5.41 Å². The second-order valence-electron chi connectivity index (χ2n) is 3.12. The first-order chi connectivity index (χ1) is 9.07. The normalized spacial score (nSPS) is 10.3. The Morgan fingerprint density at radius 3 is 1.26 bits per heavy atom. The van der Waals surface area contributed by atoms with Crippen LogP contribution in [-0.2, 0) is 0 Å². The van der Waals surface area contributed by atoms with Crippen molar-refractivity contribution in [1.82, 2.24) is 0 Å². The summed E-state index contributed by atoms with van der Waals surface area (Å²) >= 11 is 0. The number of aliphatic hydroxyl groups excluding tert-OH is 3. The minimum Gasteiger partial charge on any atom is -0.396 e. The number of nitrogens with one attached hydrogen (secondary N) is 2. The van der Waals surface area contributed by atoms with E-state index in [1.165, 1.54) is 0 Å². The molecule has 11 nitrogen and oxygen atoms in total. The molecule has 0 rings (SSSR count). The van der Waals surface area contributed by atoms with Crippen LogP contribution in [0.25, 0.3) is 0 Å². The zero-order valence-corrected chi connectivity index (χ0v) is 10.8. The maximum Gasteiger partial charge on any atom is 0.156 e. The Morgan fingerprint density at radius 1 is 0.947 bits per heavy atom. The quantitative estimate of drug-likeness (QED) is 0.109. The molecule has 0 unspecified atom stereocenters. The molecule has 19 heavy (non-hydrogen) atoms. The molecular weight excluding hydrogens is 256 g/mol. The third-order valence-corrected chi connectivity index (χ3v) is 2.01. The van der Waals surface area contributed by atoms with E-state index in [-0.39, 0.29) is 19.8 Å². The summed E-state index contributed by atoms with van der Waals surface area (Å²) in [6.45, 7) is 1.35. The molecule has 11 heteroatoms. The first-order valence-electron chi connectivity index (χ1n) is 5.07. The Balaban J connectivity index is -0.000000219. The van der Waals surface area contributed by atoms with Crippen LogP contribution in [0.2, 0.25) is 0 Å². The lowest BCUT2D eigenvalue weighted by molar-refractivity contribution is 0.00304. The summed E-state index contributed by atoms with van der Waals surface area (Å²) in [6.07, 6.45) is 2.48. The van der Waals surface area contributed by atoms with Crippen LogP contribution in [0.5, 0.6) is 0 Å². The van der Waals surface area contributed by atoms with Gasteiger partial charge in [0, 0.05) is 5.41 Å². The standard InChI is InChI=1S/C6H14O3.2CH4N4/c1-2-6(3-7,4-8)5-9;2*2-4-1-5-3/h7-9H,2-5H2,1H3;2*1-2H,3H2. The van der Waals surface area contributed by atoms with Gasteiger partial charge in [0.25, 0.3) is 0 Å². The number of hydrogen-bond acceptors (Lipinski definition) is 9. The smallest absolute Gasteiger partial charge is 0.156 e. The van der Waals surface area contributed by atoms with Gasteiger partial charge < -0.3 is 27.0 Å². The summed E-state index contributed by atoms with van der Waals surface area (Å²) in [5, 5.41) is 37.1. The van der Waals surface area contributed by atoms with Gasteiger partial charge in [-0.15, -0.1) is 10.2 Å². The highest BCUT2D eigenvalue weighted by Crippen LogP contribution is 2.18. The van der Waals surface area contributed by atoms with Crippen molar-refractivity contribution in [1.29, 1.82) is 11.1 Å². The molecule has 0 saturated heterocycles. The first-order valence-corrected chi connectivity index (χ1v) is 5.07. The van der Waals surface area contributed by atoms with Crippen LogP contribution in [0.1, 0.15) is 13.3 Å². The van der Waals surface area contributed by atoms with Gasteiger partial charge in [-0.3, -0.25) is 0 Å². The minimum absolute atomic E-state index is 0.156. The summed E-state index contributed by atoms with van der Waals surface area (Å²) in [5.74, 6) is 8.99. The number of aliphatic hydroxyl groups is 3. The van der Waals surface area contributed by atoms with Gasteiger partial charge in [-0.2, -0.15) is 10.2 Å². The molecule has 0 aromatic rings. The Kier molecular flexibility index (Phi) is 21.5. The Hall–Kier alpha value is -1.98. The molecule has 0 radical (unpaired) electrons. The van der Waals surface area contributed by atoms with Gasteiger partial charge in [0.15, 0.2) is 12.7 Å². The first kappa shape index (κ1) is 22.2. The van der Waals surface area contributed by atoms with Crippen molar-refractivity contribution < 1.29 is 15.3 Å². The molecule has 0 aliphatic heterocycles. The van der Waals surface area contributed by atoms with Crippen LogP contribution in [-0.4, -0.2) is 47.8 Å². The van der Waals surface area contributed by atoms with E-state index in [1.54, 1.807) is 0 Å². The lowest BCUT2D eigenvalue weighted by atomic mass is 9.88. The molecule has 0 aromatic carbocycles. The zero-order valence-electron chi connectivity index (χ0n) is 10.8. The van der Waals surface area contributed by atoms with Crippen molar-refractivity contribution in [3.05, 3.63) is 0 Å². The highest BCUT2D eigenvalue weighted by atomic mass is 16.3. The molecule has 0 aliphatic carbocycles. The molecule has 0 spiro atoms. The van der Waals surface area contributed by atoms with Crippen LogP contribution in [0.4, 0.5) is 0 Å². The third-order valence-electron chi connectivity index (χ3n) is 2.01. The second kappa shape index (κ2) is 18.4. The van der Waals surface area contributed by atoms with Gasteiger partial charge in [0.1, 0.15) is 0 Å². The van der Waals surface area contributed by atoms with Crippen molar-refractivity contribution in [2.24, 2.45) is 37.5 Å². The number of rotatable bonds is 6. The van der Waals surface area contributed by atoms with E-state index in [4.69, 9.17) is 26.4 Å². The van der Waals surface area contributed by atoms with Gasteiger partial charge in [0.2, 0.25) is 0 Å². The highest BCUT2D eigenvalue weighted by molar-refractivity contribution is 5.53. The average Bonchev–Trinajstić information content (AvgIpc) is 2.45. The number of hydrazone groups is 2. The third kappa shape index (κ3) is 16.0. The van der Waals surface area contributed by atoms with E-state index >= 15 is 0 Å². The fraction of sp³-hybridized carbons (Fsp3) is 0.750. The molecule has 0 saturated carbocycles. The molecule has 0 heterocycles. The van der Waals surface area contributed by atoms with Crippen molar-refractivity contribution in [3.63, 3.8) is 0 Å². The van der Waals surface area contributed by atoms with Gasteiger partial charge in [-0.05, 0) is 6.42 Å². The Morgan fingerprint density at radius 2 is 1.26 bits per heavy atom. The number of nitrogens with two attached hydrogens (primary N) is 2. The van der Waals surface area contributed by atoms with Crippen LogP contribution < -0.4 is 11.7 Å². The molecule has 112 valence electrons. The predicted molar refractivity (Wildman–Crippen MR) is 69.6 cm³/mol. The van der Waals surface area contributed by atoms with Gasteiger partial charge in [-0.25, -0.2) is 11.1 Å². The van der Waals surface area contributed by atoms with E-state index in [2.05, 4.69) is 32.1 Å². The SMILES string of the molecule is CCC(CO)(CO)CO.N=NC=NN.N=NC=NN. The summed E-state index contributed by atoms with van der Waals surface area (Å²) < 4.78 is 0. The second-order valence-corrected chi connectivity index (χ2v) is 3.12. The van der Waals surface area contributed by atoms with Crippen molar-refractivity contribution >= 4 is 12.7 Å². The van der Waals surface area contributed by atoms with E-state index in [0.717, 1.165) is 12.7 Å². The van der Waals surface area contributed by atoms with Crippen LogP contribution >= 0.6 is 0 Å². The lowest BCUT2D eigenvalue weighted by Gasteiger charge is -2.24. The van der Waals surface area contributed by atoms with E-state index in [9.17, 15) is 0 Å². The summed E-state index contributed by atoms with van der Waals surface area (Å²) in [5.41, 5.74) is 11.3. The molecule has 9 N–H and O–H groups in total. The van der Waals surface area contributed by atoms with Crippen LogP contribution in [0.3, 0.4) is 0 Å². The molecule has 0 bridgehead atoms. The topological polar surface area (TPSA) is 210 Å². The van der Waals surface area contributed by atoms with E-state index in [0.29, 0.717) is 6.42 Å². The Labute approximate surface area is 111 Å². The fourth-order valence-corrected chi connectivity index (χ4v) is 0.552. The number of nitrogens with zero attached hydrogens (tertiary/aromatic N) is 4. The molecule has 0 fully saturated rings. The summed E-state index contributed by atoms with van der Waals surface area (Å²) in [6, 6.07) is 0. The fourth-order valence-electron chi connectivity index (χ4n) is 0.552. The molecule has 0 aliphatic rings. The summed E-state index contributed by atoms with van der Waals surface area (Å²) in [7, 11) is 0. The maximum absolute atomic E-state index is 8.66. The number of hydrogen-bond donors (Lipinski definition) is 7. The summed E-state index contributed by atoms with van der Waals surface area (Å²) in [4.78, 5) is 0. The minimum atomic E-state index is -0.667. The molecule has 0 atom stereocenters. The lowest BCUT2D eigenvalue weighted by Crippen LogP contribution is -2.32. The zero-order chi connectivity index (χ0) is 15.6. The average molecular weight is 278 g/mol. The van der Waals surface area contributed by atoms with Crippen LogP contribution in [0.15, 0.2) is 20.4 Å². The van der Waals surface area contributed by atoms with Crippen molar-refractivity contribution in [3.8, 4) is 0 Å². The molecule has 0 aromatic heterocycles. The van der Waals surface area contributed by atoms with Gasteiger partial charge in [-0.1, -0.05) is 6.92 Å². The van der Waals surface area contributed by atoms with Crippen LogP contribution in [0, 0.1) is 16.5 Å². The Bertz CT molecular complexity index is 221. The van der Waals surface area contributed by atoms with Crippen molar-refractivity contribution in [2.45, 2.75) is 13.3 Å². The van der Waals surface area contributed by atoms with E-state index in [1.807, 2.05) is 6.92 Å². The molecule has 0 amide bonds.